The molecule has 0 spiro atoms. The first-order chi connectivity index (χ1) is 15.3. The maximum Gasteiger partial charge on any atom is 0.300 e. The maximum atomic E-state index is 14.8. The fraction of sp³-hybridized carbons (Fsp3) is 0.0833. The van der Waals surface area contributed by atoms with Crippen molar-refractivity contribution in [2.24, 2.45) is 0 Å². The van der Waals surface area contributed by atoms with Gasteiger partial charge in [-0.2, -0.15) is 0 Å². The summed E-state index contributed by atoms with van der Waals surface area (Å²) in [5.74, 6) is -2.39. The van der Waals surface area contributed by atoms with Gasteiger partial charge in [-0.05, 0) is 48.5 Å². The maximum absolute atomic E-state index is 14.8. The Labute approximate surface area is 193 Å². The Hall–Kier alpha value is -3.35. The predicted octanol–water partition coefficient (Wildman–Crippen LogP) is 5.77. The van der Waals surface area contributed by atoms with Crippen LogP contribution in [-0.2, 0) is 9.59 Å². The number of amides is 1. The first kappa shape index (κ1) is 21.9. The van der Waals surface area contributed by atoms with E-state index in [0.29, 0.717) is 5.75 Å². The topological polar surface area (TPSA) is 66.8 Å². The molecule has 0 bridgehead atoms. The number of methoxy groups -OCH3 is 1. The van der Waals surface area contributed by atoms with Crippen molar-refractivity contribution in [3.8, 4) is 5.75 Å². The van der Waals surface area contributed by atoms with Gasteiger partial charge in [-0.1, -0.05) is 41.4 Å². The zero-order chi connectivity index (χ0) is 23.0. The lowest BCUT2D eigenvalue weighted by molar-refractivity contribution is -0.132. The van der Waals surface area contributed by atoms with Crippen LogP contribution in [0.2, 0.25) is 10.0 Å². The van der Waals surface area contributed by atoms with Crippen molar-refractivity contribution in [2.75, 3.05) is 12.0 Å². The highest BCUT2D eigenvalue weighted by Crippen LogP contribution is 2.44. The number of halogens is 3. The van der Waals surface area contributed by atoms with E-state index in [9.17, 15) is 19.1 Å². The van der Waals surface area contributed by atoms with Crippen LogP contribution in [0.25, 0.3) is 5.76 Å². The molecule has 32 heavy (non-hydrogen) atoms. The summed E-state index contributed by atoms with van der Waals surface area (Å²) in [4.78, 5) is 27.2. The Morgan fingerprint density at radius 3 is 2.31 bits per heavy atom. The average molecular weight is 472 g/mol. The molecule has 1 fully saturated rings. The van der Waals surface area contributed by atoms with E-state index >= 15 is 0 Å². The van der Waals surface area contributed by atoms with Crippen LogP contribution in [-0.4, -0.2) is 23.9 Å². The van der Waals surface area contributed by atoms with E-state index in [-0.39, 0.29) is 32.4 Å². The van der Waals surface area contributed by atoms with Gasteiger partial charge in [0.2, 0.25) is 0 Å². The number of ketones is 1. The summed E-state index contributed by atoms with van der Waals surface area (Å²) in [6.07, 6.45) is 0. The smallest absolute Gasteiger partial charge is 0.300 e. The van der Waals surface area contributed by atoms with Crippen molar-refractivity contribution in [3.63, 3.8) is 0 Å². The molecule has 0 saturated carbocycles. The fourth-order valence-electron chi connectivity index (χ4n) is 3.63. The largest absolute Gasteiger partial charge is 0.507 e. The van der Waals surface area contributed by atoms with Gasteiger partial charge in [-0.25, -0.2) is 4.39 Å². The minimum absolute atomic E-state index is 0.0489. The lowest BCUT2D eigenvalue weighted by Crippen LogP contribution is -2.29. The summed E-state index contributed by atoms with van der Waals surface area (Å²) < 4.78 is 20.0. The molecule has 0 radical (unpaired) electrons. The van der Waals surface area contributed by atoms with Crippen LogP contribution >= 0.6 is 23.2 Å². The number of anilines is 1. The van der Waals surface area contributed by atoms with Crippen LogP contribution in [0.1, 0.15) is 17.2 Å². The zero-order valence-electron chi connectivity index (χ0n) is 16.7. The molecule has 1 amide bonds. The number of aliphatic hydroxyl groups excluding tert-OH is 1. The monoisotopic (exact) mass is 471 g/mol. The number of carbonyl (C=O) groups excluding carboxylic acids is 2. The van der Waals surface area contributed by atoms with Crippen LogP contribution in [0, 0.1) is 5.82 Å². The van der Waals surface area contributed by atoms with E-state index in [4.69, 9.17) is 27.9 Å². The number of rotatable bonds is 4. The third-order valence-electron chi connectivity index (χ3n) is 5.19. The van der Waals surface area contributed by atoms with Crippen molar-refractivity contribution in [1.29, 1.82) is 0 Å². The number of carbonyl (C=O) groups is 2. The van der Waals surface area contributed by atoms with Crippen LogP contribution < -0.4 is 9.64 Å². The van der Waals surface area contributed by atoms with E-state index in [2.05, 4.69) is 0 Å². The lowest BCUT2D eigenvalue weighted by atomic mass is 9.94. The summed E-state index contributed by atoms with van der Waals surface area (Å²) in [7, 11) is 1.50. The second kappa shape index (κ2) is 8.65. The van der Waals surface area contributed by atoms with E-state index in [1.54, 1.807) is 30.3 Å². The first-order valence-electron chi connectivity index (χ1n) is 9.48. The number of ether oxygens (including phenoxy) is 1. The molecular formula is C24H16Cl2FNO4. The highest BCUT2D eigenvalue weighted by atomic mass is 35.5. The highest BCUT2D eigenvalue weighted by Gasteiger charge is 2.47. The van der Waals surface area contributed by atoms with E-state index in [1.165, 1.54) is 43.5 Å². The number of benzene rings is 3. The second-order valence-corrected chi connectivity index (χ2v) is 7.83. The van der Waals surface area contributed by atoms with Crippen molar-refractivity contribution in [3.05, 3.63) is 99.3 Å². The normalized spacial score (nSPS) is 17.6. The van der Waals surface area contributed by atoms with Gasteiger partial charge in [-0.3, -0.25) is 14.5 Å². The van der Waals surface area contributed by atoms with Gasteiger partial charge in [0.25, 0.3) is 11.7 Å². The van der Waals surface area contributed by atoms with Crippen LogP contribution in [0.5, 0.6) is 5.75 Å². The van der Waals surface area contributed by atoms with Crippen LogP contribution in [0.15, 0.2) is 72.3 Å². The standard InChI is InChI=1S/C24H16Cl2FNO4/c1-32-15-9-6-13(7-10-15)22(29)20-21(16-4-2-3-5-19(16)27)28(24(31)23(20)30)14-8-11-17(25)18(26)12-14/h2-12,21,29H,1H3/b22-20+. The molecule has 8 heteroatoms. The second-order valence-electron chi connectivity index (χ2n) is 7.02. The number of nitrogens with zero attached hydrogens (tertiary/aromatic N) is 1. The zero-order valence-corrected chi connectivity index (χ0v) is 18.2. The quantitative estimate of drug-likeness (QED) is 0.298. The van der Waals surface area contributed by atoms with Crippen LogP contribution in [0.3, 0.4) is 0 Å². The molecule has 0 aromatic heterocycles. The van der Waals surface area contributed by atoms with Gasteiger partial charge in [0.1, 0.15) is 17.3 Å². The van der Waals surface area contributed by atoms with Gasteiger partial charge in [0.15, 0.2) is 0 Å². The third kappa shape index (κ3) is 3.72. The fourth-order valence-corrected chi connectivity index (χ4v) is 3.92. The SMILES string of the molecule is COc1ccc(/C(O)=C2\C(=O)C(=O)N(c3ccc(Cl)c(Cl)c3)C2c2ccccc2F)cc1. The summed E-state index contributed by atoms with van der Waals surface area (Å²) >= 11 is 12.1. The van der Waals surface area contributed by atoms with Crippen molar-refractivity contribution >= 4 is 46.3 Å². The number of hydrogen-bond donors (Lipinski definition) is 1. The molecule has 3 aromatic rings. The molecule has 4 rings (SSSR count). The summed E-state index contributed by atoms with van der Waals surface area (Å²) in [5, 5.41) is 11.4. The molecule has 1 N–H and O–H groups in total. The summed E-state index contributed by atoms with van der Waals surface area (Å²) in [5.41, 5.74) is 0.326. The molecular weight excluding hydrogens is 456 g/mol. The Morgan fingerprint density at radius 2 is 1.69 bits per heavy atom. The van der Waals surface area contributed by atoms with Gasteiger partial charge in [0.05, 0.1) is 28.8 Å². The average Bonchev–Trinajstić information content (AvgIpc) is 3.06. The molecule has 162 valence electrons. The van der Waals surface area contributed by atoms with Crippen molar-refractivity contribution in [2.45, 2.75) is 6.04 Å². The molecule has 1 aliphatic rings. The van der Waals surface area contributed by atoms with Crippen molar-refractivity contribution in [1.82, 2.24) is 0 Å². The number of aliphatic hydroxyl groups is 1. The molecule has 1 heterocycles. The van der Waals surface area contributed by atoms with Gasteiger partial charge >= 0.3 is 0 Å². The Morgan fingerprint density at radius 1 is 1.00 bits per heavy atom. The Bertz CT molecular complexity index is 1260. The number of hydrogen-bond acceptors (Lipinski definition) is 4. The van der Waals surface area contributed by atoms with E-state index in [0.717, 1.165) is 4.90 Å². The molecule has 5 nitrogen and oxygen atoms in total. The van der Waals surface area contributed by atoms with Crippen LogP contribution in [0.4, 0.5) is 10.1 Å². The van der Waals surface area contributed by atoms with E-state index < -0.39 is 29.3 Å². The molecule has 1 atom stereocenters. The first-order valence-corrected chi connectivity index (χ1v) is 10.2. The molecule has 0 aliphatic carbocycles. The minimum atomic E-state index is -1.21. The Kier molecular flexibility index (Phi) is 5.91. The van der Waals surface area contributed by atoms with Gasteiger partial charge < -0.3 is 9.84 Å². The predicted molar refractivity (Wildman–Crippen MR) is 121 cm³/mol. The third-order valence-corrected chi connectivity index (χ3v) is 5.93. The molecule has 1 saturated heterocycles. The summed E-state index contributed by atoms with van der Waals surface area (Å²) in [6, 6.07) is 15.2. The van der Waals surface area contributed by atoms with Gasteiger partial charge in [0, 0.05) is 16.8 Å². The summed E-state index contributed by atoms with van der Waals surface area (Å²) in [6.45, 7) is 0. The minimum Gasteiger partial charge on any atom is -0.507 e. The number of Topliss-reactive ketones (excluding diaryl/α,β-unsaturated/α-hetero) is 1. The lowest BCUT2D eigenvalue weighted by Gasteiger charge is -2.26. The molecule has 1 aliphatic heterocycles. The van der Waals surface area contributed by atoms with E-state index in [1.807, 2.05) is 0 Å². The van der Waals surface area contributed by atoms with Gasteiger partial charge in [-0.15, -0.1) is 0 Å². The molecule has 3 aromatic carbocycles. The van der Waals surface area contributed by atoms with Crippen molar-refractivity contribution < 1.29 is 23.8 Å². The Balaban J connectivity index is 1.95. The molecule has 1 unspecified atom stereocenters. The highest BCUT2D eigenvalue weighted by molar-refractivity contribution is 6.52.